The van der Waals surface area contributed by atoms with Gasteiger partial charge in [-0.15, -0.1) is 0 Å². The van der Waals surface area contributed by atoms with E-state index < -0.39 is 0 Å². The summed E-state index contributed by atoms with van der Waals surface area (Å²) >= 11 is 4.16. The first-order chi connectivity index (χ1) is 6.17. The fourth-order valence-corrected chi connectivity index (χ4v) is 1.48. The standard InChI is InChI=1S/C10H18N2S/c1-10(2,8-11-6-7-13)9-4-3-5-12-9/h3-5,11-13H,6-8H2,1-2H3. The van der Waals surface area contributed by atoms with Crippen LogP contribution in [-0.2, 0) is 5.41 Å². The van der Waals surface area contributed by atoms with Crippen LogP contribution in [0.3, 0.4) is 0 Å². The normalized spacial score (nSPS) is 11.9. The van der Waals surface area contributed by atoms with Gasteiger partial charge < -0.3 is 10.3 Å². The second kappa shape index (κ2) is 4.72. The number of rotatable bonds is 5. The highest BCUT2D eigenvalue weighted by Crippen LogP contribution is 2.19. The third-order valence-electron chi connectivity index (χ3n) is 2.18. The van der Waals surface area contributed by atoms with E-state index in [9.17, 15) is 0 Å². The van der Waals surface area contributed by atoms with Crippen LogP contribution in [0.2, 0.25) is 0 Å². The molecule has 1 rings (SSSR count). The maximum Gasteiger partial charge on any atom is 0.0217 e. The predicted molar refractivity (Wildman–Crippen MR) is 60.5 cm³/mol. The molecule has 0 amide bonds. The third-order valence-corrected chi connectivity index (χ3v) is 2.41. The second-order valence-corrected chi connectivity index (χ2v) is 4.32. The van der Waals surface area contributed by atoms with E-state index >= 15 is 0 Å². The summed E-state index contributed by atoms with van der Waals surface area (Å²) in [6.45, 7) is 6.40. The summed E-state index contributed by atoms with van der Waals surface area (Å²) in [5, 5.41) is 3.37. The largest absolute Gasteiger partial charge is 0.365 e. The Hall–Kier alpha value is -0.410. The minimum absolute atomic E-state index is 0.173. The smallest absolute Gasteiger partial charge is 0.0217 e. The van der Waals surface area contributed by atoms with Gasteiger partial charge in [-0.05, 0) is 12.1 Å². The fraction of sp³-hybridized carbons (Fsp3) is 0.600. The molecule has 0 bridgehead atoms. The third kappa shape index (κ3) is 3.08. The molecule has 0 atom stereocenters. The van der Waals surface area contributed by atoms with Crippen LogP contribution in [0, 0.1) is 0 Å². The van der Waals surface area contributed by atoms with Crippen molar-refractivity contribution in [1.82, 2.24) is 10.3 Å². The van der Waals surface area contributed by atoms with Crippen LogP contribution in [0.15, 0.2) is 18.3 Å². The van der Waals surface area contributed by atoms with Crippen molar-refractivity contribution in [2.75, 3.05) is 18.8 Å². The van der Waals surface area contributed by atoms with Crippen molar-refractivity contribution in [2.45, 2.75) is 19.3 Å². The summed E-state index contributed by atoms with van der Waals surface area (Å²) in [6, 6.07) is 4.16. The van der Waals surface area contributed by atoms with E-state index in [0.29, 0.717) is 0 Å². The number of aromatic nitrogens is 1. The molecule has 1 aromatic heterocycles. The molecule has 74 valence electrons. The first-order valence-electron chi connectivity index (χ1n) is 4.62. The van der Waals surface area contributed by atoms with Gasteiger partial charge in [0.2, 0.25) is 0 Å². The van der Waals surface area contributed by atoms with E-state index in [0.717, 1.165) is 18.8 Å². The number of hydrogen-bond acceptors (Lipinski definition) is 2. The van der Waals surface area contributed by atoms with Crippen LogP contribution in [-0.4, -0.2) is 23.8 Å². The zero-order chi connectivity index (χ0) is 9.73. The van der Waals surface area contributed by atoms with Crippen LogP contribution in [0.1, 0.15) is 19.5 Å². The van der Waals surface area contributed by atoms with E-state index in [4.69, 9.17) is 0 Å². The summed E-state index contributed by atoms with van der Waals surface area (Å²) in [5.41, 5.74) is 1.45. The van der Waals surface area contributed by atoms with Crippen molar-refractivity contribution < 1.29 is 0 Å². The number of H-pyrrole nitrogens is 1. The molecule has 0 aromatic carbocycles. The van der Waals surface area contributed by atoms with Crippen molar-refractivity contribution in [3.05, 3.63) is 24.0 Å². The number of thiol groups is 1. The van der Waals surface area contributed by atoms with Gasteiger partial charge in [0.15, 0.2) is 0 Å². The molecule has 0 aliphatic carbocycles. The molecule has 13 heavy (non-hydrogen) atoms. The molecule has 0 fully saturated rings. The minimum Gasteiger partial charge on any atom is -0.365 e. The highest BCUT2D eigenvalue weighted by molar-refractivity contribution is 7.80. The van der Waals surface area contributed by atoms with Crippen LogP contribution in [0.4, 0.5) is 0 Å². The van der Waals surface area contributed by atoms with Crippen molar-refractivity contribution in [3.8, 4) is 0 Å². The van der Waals surface area contributed by atoms with Crippen LogP contribution in [0.5, 0.6) is 0 Å². The van der Waals surface area contributed by atoms with Gasteiger partial charge in [0, 0.05) is 36.1 Å². The molecule has 0 unspecified atom stereocenters. The highest BCUT2D eigenvalue weighted by atomic mass is 32.1. The Bertz CT molecular complexity index is 229. The second-order valence-electron chi connectivity index (χ2n) is 3.87. The SMILES string of the molecule is CC(C)(CNCCS)c1ccc[nH]1. The van der Waals surface area contributed by atoms with Gasteiger partial charge in [0.05, 0.1) is 0 Å². The number of nitrogens with one attached hydrogen (secondary N) is 2. The quantitative estimate of drug-likeness (QED) is 0.488. The molecule has 1 aromatic rings. The maximum absolute atomic E-state index is 4.16. The lowest BCUT2D eigenvalue weighted by Crippen LogP contribution is -2.34. The Morgan fingerprint density at radius 3 is 2.85 bits per heavy atom. The Labute approximate surface area is 85.5 Å². The fourth-order valence-electron chi connectivity index (χ4n) is 1.33. The first-order valence-corrected chi connectivity index (χ1v) is 5.25. The van der Waals surface area contributed by atoms with Gasteiger partial charge >= 0.3 is 0 Å². The molecule has 2 nitrogen and oxygen atoms in total. The topological polar surface area (TPSA) is 27.8 Å². The lowest BCUT2D eigenvalue weighted by molar-refractivity contribution is 0.468. The lowest BCUT2D eigenvalue weighted by Gasteiger charge is -2.23. The van der Waals surface area contributed by atoms with Gasteiger partial charge in [0.25, 0.3) is 0 Å². The molecule has 1 heterocycles. The summed E-state index contributed by atoms with van der Waals surface area (Å²) in [6.07, 6.45) is 1.97. The lowest BCUT2D eigenvalue weighted by atomic mass is 9.89. The Kier molecular flexibility index (Phi) is 3.88. The summed E-state index contributed by atoms with van der Waals surface area (Å²) in [7, 11) is 0. The molecular weight excluding hydrogens is 180 g/mol. The van der Waals surface area contributed by atoms with Crippen LogP contribution < -0.4 is 5.32 Å². The molecule has 0 aliphatic heterocycles. The highest BCUT2D eigenvalue weighted by Gasteiger charge is 2.20. The van der Waals surface area contributed by atoms with E-state index in [1.165, 1.54) is 5.69 Å². The average molecular weight is 198 g/mol. The Balaban J connectivity index is 2.46. The van der Waals surface area contributed by atoms with E-state index in [2.05, 4.69) is 42.8 Å². The monoisotopic (exact) mass is 198 g/mol. The predicted octanol–water partition coefficient (Wildman–Crippen LogP) is 1.81. The van der Waals surface area contributed by atoms with Gasteiger partial charge in [-0.25, -0.2) is 0 Å². The molecular formula is C10H18N2S. The molecule has 0 aliphatic rings. The number of hydrogen-bond donors (Lipinski definition) is 3. The van der Waals surface area contributed by atoms with E-state index in [-0.39, 0.29) is 5.41 Å². The maximum atomic E-state index is 4.16. The van der Waals surface area contributed by atoms with Gasteiger partial charge in [-0.3, -0.25) is 0 Å². The summed E-state index contributed by atoms with van der Waals surface area (Å²) < 4.78 is 0. The minimum atomic E-state index is 0.173. The first kappa shape index (κ1) is 10.7. The zero-order valence-corrected chi connectivity index (χ0v) is 9.20. The van der Waals surface area contributed by atoms with Crippen LogP contribution in [0.25, 0.3) is 0 Å². The Morgan fingerprint density at radius 2 is 2.31 bits per heavy atom. The van der Waals surface area contributed by atoms with Gasteiger partial charge in [0.1, 0.15) is 0 Å². The van der Waals surface area contributed by atoms with Gasteiger partial charge in [-0.1, -0.05) is 13.8 Å². The number of aromatic amines is 1. The van der Waals surface area contributed by atoms with Crippen molar-refractivity contribution >= 4 is 12.6 Å². The Morgan fingerprint density at radius 1 is 1.54 bits per heavy atom. The summed E-state index contributed by atoms with van der Waals surface area (Å²) in [5.74, 6) is 0.890. The molecule has 3 heteroatoms. The molecule has 0 saturated carbocycles. The average Bonchev–Trinajstić information content (AvgIpc) is 2.56. The van der Waals surface area contributed by atoms with E-state index in [1.807, 2.05) is 12.3 Å². The molecule has 0 saturated heterocycles. The molecule has 0 radical (unpaired) electrons. The molecule has 0 spiro atoms. The van der Waals surface area contributed by atoms with Crippen molar-refractivity contribution in [1.29, 1.82) is 0 Å². The molecule has 2 N–H and O–H groups in total. The zero-order valence-electron chi connectivity index (χ0n) is 8.30. The van der Waals surface area contributed by atoms with Gasteiger partial charge in [-0.2, -0.15) is 12.6 Å². The summed E-state index contributed by atoms with van der Waals surface area (Å²) in [4.78, 5) is 3.25. The van der Waals surface area contributed by atoms with Crippen molar-refractivity contribution in [2.24, 2.45) is 0 Å². The van der Waals surface area contributed by atoms with E-state index in [1.54, 1.807) is 0 Å². The van der Waals surface area contributed by atoms with Crippen LogP contribution >= 0.6 is 12.6 Å². The van der Waals surface area contributed by atoms with Crippen molar-refractivity contribution in [3.63, 3.8) is 0 Å².